The number of thiophene rings is 1. The SMILES string of the molecule is Cc1cc(S(=O)(=O)N[C@H]2CCCNC2=O)c(C)s1. The summed E-state index contributed by atoms with van der Waals surface area (Å²) in [5.74, 6) is -0.241. The van der Waals surface area contributed by atoms with Crippen LogP contribution in [0, 0.1) is 13.8 Å². The highest BCUT2D eigenvalue weighted by atomic mass is 32.2. The van der Waals surface area contributed by atoms with Gasteiger partial charge in [0, 0.05) is 16.3 Å². The van der Waals surface area contributed by atoms with Crippen LogP contribution in [0.15, 0.2) is 11.0 Å². The Morgan fingerprint density at radius 2 is 2.17 bits per heavy atom. The van der Waals surface area contributed by atoms with Crippen LogP contribution in [0.1, 0.15) is 22.6 Å². The van der Waals surface area contributed by atoms with Crippen molar-refractivity contribution in [3.05, 3.63) is 15.8 Å². The Balaban J connectivity index is 2.21. The molecular formula is C11H16N2O3S2. The maximum atomic E-state index is 12.2. The van der Waals surface area contributed by atoms with Crippen molar-refractivity contribution in [3.63, 3.8) is 0 Å². The number of amides is 1. The summed E-state index contributed by atoms with van der Waals surface area (Å²) in [7, 11) is -3.60. The summed E-state index contributed by atoms with van der Waals surface area (Å²) in [4.78, 5) is 13.5. The van der Waals surface area contributed by atoms with E-state index < -0.39 is 16.1 Å². The third-order valence-electron chi connectivity index (χ3n) is 2.87. The molecule has 1 aliphatic rings. The second kappa shape index (κ2) is 4.99. The van der Waals surface area contributed by atoms with Crippen LogP contribution in [-0.2, 0) is 14.8 Å². The van der Waals surface area contributed by atoms with Crippen LogP contribution in [0.5, 0.6) is 0 Å². The monoisotopic (exact) mass is 288 g/mol. The van der Waals surface area contributed by atoms with Gasteiger partial charge in [-0.1, -0.05) is 0 Å². The molecule has 0 saturated carbocycles. The van der Waals surface area contributed by atoms with Gasteiger partial charge in [0.05, 0.1) is 4.90 Å². The van der Waals surface area contributed by atoms with Crippen LogP contribution in [0.4, 0.5) is 0 Å². The second-order valence-corrected chi connectivity index (χ2v) is 7.53. The third-order valence-corrected chi connectivity index (χ3v) is 5.56. The molecule has 1 fully saturated rings. The van der Waals surface area contributed by atoms with Crippen molar-refractivity contribution in [2.75, 3.05) is 6.54 Å². The maximum absolute atomic E-state index is 12.2. The predicted octanol–water partition coefficient (Wildman–Crippen LogP) is 0.922. The molecule has 0 spiro atoms. The summed E-state index contributed by atoms with van der Waals surface area (Å²) in [5, 5.41) is 2.66. The molecule has 2 rings (SSSR count). The van der Waals surface area contributed by atoms with Crippen molar-refractivity contribution in [1.82, 2.24) is 10.0 Å². The number of carbonyl (C=O) groups is 1. The van der Waals surface area contributed by atoms with Crippen molar-refractivity contribution in [3.8, 4) is 0 Å². The summed E-state index contributed by atoms with van der Waals surface area (Å²) in [6.45, 7) is 4.25. The van der Waals surface area contributed by atoms with Crippen molar-refractivity contribution in [2.24, 2.45) is 0 Å². The predicted molar refractivity (Wildman–Crippen MR) is 70.1 cm³/mol. The number of aryl methyl sites for hydroxylation is 2. The largest absolute Gasteiger partial charge is 0.355 e. The quantitative estimate of drug-likeness (QED) is 0.868. The topological polar surface area (TPSA) is 75.3 Å². The first-order valence-electron chi connectivity index (χ1n) is 5.77. The molecular weight excluding hydrogens is 272 g/mol. The second-order valence-electron chi connectivity index (χ2n) is 4.38. The van der Waals surface area contributed by atoms with E-state index in [4.69, 9.17) is 0 Å². The molecule has 1 saturated heterocycles. The molecule has 1 aromatic heterocycles. The minimum atomic E-state index is -3.60. The first kappa shape index (κ1) is 13.5. The fourth-order valence-corrected chi connectivity index (χ4v) is 4.79. The van der Waals surface area contributed by atoms with Gasteiger partial charge in [-0.15, -0.1) is 11.3 Å². The first-order chi connectivity index (χ1) is 8.40. The highest BCUT2D eigenvalue weighted by molar-refractivity contribution is 7.89. The molecule has 5 nitrogen and oxygen atoms in total. The number of carbonyl (C=O) groups excluding carboxylic acids is 1. The number of nitrogens with one attached hydrogen (secondary N) is 2. The Labute approximate surface area is 111 Å². The third kappa shape index (κ3) is 2.73. The maximum Gasteiger partial charge on any atom is 0.242 e. The van der Waals surface area contributed by atoms with Gasteiger partial charge in [0.25, 0.3) is 0 Å². The van der Waals surface area contributed by atoms with Crippen molar-refractivity contribution < 1.29 is 13.2 Å². The number of hydrogen-bond donors (Lipinski definition) is 2. The van der Waals surface area contributed by atoms with Crippen LogP contribution in [-0.4, -0.2) is 26.9 Å². The molecule has 0 aromatic carbocycles. The Hall–Kier alpha value is -0.920. The van der Waals surface area contributed by atoms with Gasteiger partial charge in [-0.3, -0.25) is 4.79 Å². The standard InChI is InChI=1S/C11H16N2O3S2/c1-7-6-10(8(2)17-7)18(15,16)13-9-4-3-5-12-11(9)14/h6,9,13H,3-5H2,1-2H3,(H,12,14)/t9-/m0/s1. The molecule has 2 heterocycles. The van der Waals surface area contributed by atoms with E-state index in [2.05, 4.69) is 10.0 Å². The van der Waals surface area contributed by atoms with Gasteiger partial charge in [-0.05, 0) is 32.8 Å². The summed E-state index contributed by atoms with van der Waals surface area (Å²) < 4.78 is 26.9. The summed E-state index contributed by atoms with van der Waals surface area (Å²) in [6, 6.07) is 0.992. The van der Waals surface area contributed by atoms with Gasteiger partial charge in [-0.25, -0.2) is 8.42 Å². The zero-order valence-corrected chi connectivity index (χ0v) is 12.0. The average molecular weight is 288 g/mol. The molecule has 100 valence electrons. The Morgan fingerprint density at radius 3 is 2.72 bits per heavy atom. The van der Waals surface area contributed by atoms with Crippen LogP contribution in [0.3, 0.4) is 0 Å². The summed E-state index contributed by atoms with van der Waals surface area (Å²) in [6.07, 6.45) is 1.34. The van der Waals surface area contributed by atoms with Crippen LogP contribution in [0.2, 0.25) is 0 Å². The number of rotatable bonds is 3. The number of hydrogen-bond acceptors (Lipinski definition) is 4. The molecule has 0 radical (unpaired) electrons. The molecule has 1 atom stereocenters. The molecule has 1 amide bonds. The Bertz CT molecular complexity index is 563. The van der Waals surface area contributed by atoms with Crippen molar-refractivity contribution >= 4 is 27.3 Å². The average Bonchev–Trinajstić information content (AvgIpc) is 2.62. The van der Waals surface area contributed by atoms with E-state index >= 15 is 0 Å². The zero-order chi connectivity index (χ0) is 13.3. The highest BCUT2D eigenvalue weighted by Crippen LogP contribution is 2.25. The van der Waals surface area contributed by atoms with Gasteiger partial charge in [0.2, 0.25) is 15.9 Å². The summed E-state index contributed by atoms with van der Waals surface area (Å²) >= 11 is 1.44. The molecule has 0 bridgehead atoms. The number of sulfonamides is 1. The van der Waals surface area contributed by atoms with E-state index in [9.17, 15) is 13.2 Å². The lowest BCUT2D eigenvalue weighted by Crippen LogP contribution is -2.50. The van der Waals surface area contributed by atoms with E-state index in [1.165, 1.54) is 11.3 Å². The number of piperidine rings is 1. The van der Waals surface area contributed by atoms with E-state index in [1.54, 1.807) is 13.0 Å². The molecule has 7 heteroatoms. The van der Waals surface area contributed by atoms with Crippen molar-refractivity contribution in [1.29, 1.82) is 0 Å². The zero-order valence-electron chi connectivity index (χ0n) is 10.3. The minimum Gasteiger partial charge on any atom is -0.355 e. The van der Waals surface area contributed by atoms with E-state index in [-0.39, 0.29) is 10.8 Å². The molecule has 0 aliphatic carbocycles. The van der Waals surface area contributed by atoms with E-state index in [0.29, 0.717) is 13.0 Å². The van der Waals surface area contributed by atoms with E-state index in [1.807, 2.05) is 6.92 Å². The minimum absolute atomic E-state index is 0.241. The molecule has 18 heavy (non-hydrogen) atoms. The van der Waals surface area contributed by atoms with Crippen LogP contribution >= 0.6 is 11.3 Å². The molecule has 2 N–H and O–H groups in total. The fraction of sp³-hybridized carbons (Fsp3) is 0.545. The van der Waals surface area contributed by atoms with E-state index in [0.717, 1.165) is 16.2 Å². The lowest BCUT2D eigenvalue weighted by atomic mass is 10.1. The van der Waals surface area contributed by atoms with Crippen LogP contribution < -0.4 is 10.0 Å². The van der Waals surface area contributed by atoms with Gasteiger partial charge in [0.1, 0.15) is 6.04 Å². The highest BCUT2D eigenvalue weighted by Gasteiger charge is 2.29. The molecule has 1 aromatic rings. The lowest BCUT2D eigenvalue weighted by Gasteiger charge is -2.22. The lowest BCUT2D eigenvalue weighted by molar-refractivity contribution is -0.124. The van der Waals surface area contributed by atoms with Gasteiger partial charge >= 0.3 is 0 Å². The Kier molecular flexibility index (Phi) is 3.74. The fourth-order valence-electron chi connectivity index (χ4n) is 2.01. The van der Waals surface area contributed by atoms with Gasteiger partial charge in [0.15, 0.2) is 0 Å². The van der Waals surface area contributed by atoms with Crippen LogP contribution in [0.25, 0.3) is 0 Å². The smallest absolute Gasteiger partial charge is 0.242 e. The molecule has 0 unspecified atom stereocenters. The Morgan fingerprint density at radius 1 is 1.44 bits per heavy atom. The van der Waals surface area contributed by atoms with Crippen molar-refractivity contribution in [2.45, 2.75) is 37.6 Å². The van der Waals surface area contributed by atoms with Gasteiger partial charge in [-0.2, -0.15) is 4.72 Å². The summed E-state index contributed by atoms with van der Waals surface area (Å²) in [5.41, 5.74) is 0. The normalized spacial score (nSPS) is 20.8. The van der Waals surface area contributed by atoms with Gasteiger partial charge < -0.3 is 5.32 Å². The first-order valence-corrected chi connectivity index (χ1v) is 8.07. The molecule has 1 aliphatic heterocycles.